The summed E-state index contributed by atoms with van der Waals surface area (Å²) >= 11 is 0. The molecule has 1 aromatic carbocycles. The van der Waals surface area contributed by atoms with Crippen molar-refractivity contribution >= 4 is 21.4 Å². The Bertz CT molecular complexity index is 737. The molecule has 0 aliphatic heterocycles. The number of benzene rings is 1. The normalized spacial score (nSPS) is 11.2. The second kappa shape index (κ2) is 5.39. The van der Waals surface area contributed by atoms with Crippen LogP contribution in [0.3, 0.4) is 0 Å². The molecular weight excluding hydrogens is 290 g/mol. The zero-order valence-corrected chi connectivity index (χ0v) is 10.8. The lowest BCUT2D eigenvalue weighted by Gasteiger charge is -2.11. The Kier molecular flexibility index (Phi) is 3.81. The van der Waals surface area contributed by atoms with Crippen molar-refractivity contribution in [2.24, 2.45) is 5.84 Å². The number of rotatable bonds is 4. The number of hydrogen-bond donors (Lipinski definition) is 3. The monoisotopic (exact) mass is 300 g/mol. The van der Waals surface area contributed by atoms with Gasteiger partial charge in [-0.1, -0.05) is 0 Å². The summed E-state index contributed by atoms with van der Waals surface area (Å²) in [4.78, 5) is 3.37. The van der Waals surface area contributed by atoms with E-state index >= 15 is 0 Å². The molecule has 2 aromatic rings. The van der Waals surface area contributed by atoms with Gasteiger partial charge >= 0.3 is 0 Å². The molecule has 0 aliphatic rings. The van der Waals surface area contributed by atoms with Gasteiger partial charge in [-0.15, -0.1) is 0 Å². The quantitative estimate of drug-likeness (QED) is 0.586. The molecule has 106 valence electrons. The number of pyridine rings is 1. The first kappa shape index (κ1) is 14.2. The van der Waals surface area contributed by atoms with Gasteiger partial charge in [0.05, 0.1) is 11.4 Å². The van der Waals surface area contributed by atoms with Crippen LogP contribution in [0.4, 0.5) is 20.2 Å². The molecule has 0 saturated carbocycles. The first-order valence-corrected chi connectivity index (χ1v) is 6.81. The minimum absolute atomic E-state index is 0.0734. The molecule has 1 heterocycles. The molecule has 20 heavy (non-hydrogen) atoms. The summed E-state index contributed by atoms with van der Waals surface area (Å²) in [5.74, 6) is 3.52. The van der Waals surface area contributed by atoms with Gasteiger partial charge in [-0.2, -0.15) is 0 Å². The molecule has 0 aliphatic carbocycles. The summed E-state index contributed by atoms with van der Waals surface area (Å²) in [6.45, 7) is 0. The van der Waals surface area contributed by atoms with E-state index in [2.05, 4.69) is 10.4 Å². The van der Waals surface area contributed by atoms with Crippen LogP contribution in [0, 0.1) is 11.6 Å². The molecule has 9 heteroatoms. The predicted octanol–water partition coefficient (Wildman–Crippen LogP) is 1.45. The number of sulfonamides is 1. The Hall–Kier alpha value is -2.26. The third kappa shape index (κ3) is 2.83. The van der Waals surface area contributed by atoms with Crippen LogP contribution >= 0.6 is 0 Å². The molecule has 1 aromatic heterocycles. The number of nitrogen functional groups attached to an aromatic ring is 1. The number of hydrogen-bond acceptors (Lipinski definition) is 5. The maximum atomic E-state index is 13.4. The summed E-state index contributed by atoms with van der Waals surface area (Å²) in [6.07, 6.45) is 2.37. The van der Waals surface area contributed by atoms with Crippen LogP contribution in [0.5, 0.6) is 0 Å². The van der Waals surface area contributed by atoms with Gasteiger partial charge in [-0.3, -0.25) is 15.5 Å². The largest absolute Gasteiger partial charge is 0.323 e. The minimum Gasteiger partial charge on any atom is -0.323 e. The van der Waals surface area contributed by atoms with Crippen molar-refractivity contribution in [1.29, 1.82) is 0 Å². The Morgan fingerprint density at radius 1 is 1.15 bits per heavy atom. The number of nitrogens with zero attached hydrogens (tertiary/aromatic N) is 1. The SMILES string of the molecule is NNc1ccncc1S(=O)(=O)Nc1cc(F)ccc1F. The highest BCUT2D eigenvalue weighted by molar-refractivity contribution is 7.92. The Balaban J connectivity index is 2.43. The third-order valence-electron chi connectivity index (χ3n) is 2.40. The average Bonchev–Trinajstić information content (AvgIpc) is 2.42. The second-order valence-corrected chi connectivity index (χ2v) is 5.40. The van der Waals surface area contributed by atoms with E-state index in [0.717, 1.165) is 24.4 Å². The number of hydrazine groups is 1. The molecule has 0 atom stereocenters. The Morgan fingerprint density at radius 3 is 2.60 bits per heavy atom. The maximum absolute atomic E-state index is 13.4. The van der Waals surface area contributed by atoms with Gasteiger partial charge in [0, 0.05) is 18.5 Å². The molecule has 0 bridgehead atoms. The molecule has 0 spiro atoms. The molecule has 0 radical (unpaired) electrons. The van der Waals surface area contributed by atoms with Crippen molar-refractivity contribution in [2.75, 3.05) is 10.1 Å². The highest BCUT2D eigenvalue weighted by Crippen LogP contribution is 2.23. The van der Waals surface area contributed by atoms with Gasteiger partial charge in [-0.05, 0) is 18.2 Å². The number of nitrogens with one attached hydrogen (secondary N) is 2. The summed E-state index contributed by atoms with van der Waals surface area (Å²) in [5.41, 5.74) is 1.76. The van der Waals surface area contributed by atoms with Crippen LogP contribution in [0.1, 0.15) is 0 Å². The van der Waals surface area contributed by atoms with E-state index in [1.165, 1.54) is 12.3 Å². The van der Waals surface area contributed by atoms with E-state index in [9.17, 15) is 17.2 Å². The van der Waals surface area contributed by atoms with Crippen LogP contribution in [-0.4, -0.2) is 13.4 Å². The average molecular weight is 300 g/mol. The lowest BCUT2D eigenvalue weighted by Crippen LogP contribution is -2.18. The highest BCUT2D eigenvalue weighted by Gasteiger charge is 2.20. The standard InChI is InChI=1S/C11H10F2N4O2S/c12-7-1-2-8(13)10(5-7)17-20(18,19)11-6-15-4-3-9(11)16-14/h1-6,17H,14H2,(H,15,16). The lowest BCUT2D eigenvalue weighted by atomic mass is 10.3. The molecule has 0 saturated heterocycles. The molecular formula is C11H10F2N4O2S. The summed E-state index contributed by atoms with van der Waals surface area (Å²) < 4.78 is 52.6. The maximum Gasteiger partial charge on any atom is 0.265 e. The summed E-state index contributed by atoms with van der Waals surface area (Å²) in [7, 11) is -4.16. The zero-order chi connectivity index (χ0) is 14.8. The van der Waals surface area contributed by atoms with E-state index in [1.54, 1.807) is 0 Å². The van der Waals surface area contributed by atoms with Crippen molar-refractivity contribution in [1.82, 2.24) is 4.98 Å². The van der Waals surface area contributed by atoms with Crippen molar-refractivity contribution in [2.45, 2.75) is 4.90 Å². The zero-order valence-electron chi connectivity index (χ0n) is 9.97. The van der Waals surface area contributed by atoms with Crippen LogP contribution in [0.15, 0.2) is 41.6 Å². The van der Waals surface area contributed by atoms with Gasteiger partial charge in [0.1, 0.15) is 16.5 Å². The van der Waals surface area contributed by atoms with Crippen molar-refractivity contribution in [3.8, 4) is 0 Å². The molecule has 4 N–H and O–H groups in total. The number of aromatic nitrogens is 1. The fourth-order valence-electron chi connectivity index (χ4n) is 1.49. The Morgan fingerprint density at radius 2 is 1.90 bits per heavy atom. The van der Waals surface area contributed by atoms with Crippen molar-refractivity contribution in [3.63, 3.8) is 0 Å². The van der Waals surface area contributed by atoms with E-state index in [4.69, 9.17) is 5.84 Å². The van der Waals surface area contributed by atoms with Crippen molar-refractivity contribution < 1.29 is 17.2 Å². The number of halogens is 2. The molecule has 0 amide bonds. The summed E-state index contributed by atoms with van der Waals surface area (Å²) in [5, 5.41) is 0. The third-order valence-corrected chi connectivity index (χ3v) is 3.80. The fourth-order valence-corrected chi connectivity index (χ4v) is 2.66. The van der Waals surface area contributed by atoms with E-state index in [1.807, 2.05) is 4.72 Å². The van der Waals surface area contributed by atoms with E-state index in [0.29, 0.717) is 0 Å². The lowest BCUT2D eigenvalue weighted by molar-refractivity contribution is 0.594. The summed E-state index contributed by atoms with van der Waals surface area (Å²) in [6, 6.07) is 3.76. The van der Waals surface area contributed by atoms with Crippen molar-refractivity contribution in [3.05, 3.63) is 48.3 Å². The number of nitrogens with two attached hydrogens (primary N) is 1. The highest BCUT2D eigenvalue weighted by atomic mass is 32.2. The van der Waals surface area contributed by atoms with E-state index < -0.39 is 27.3 Å². The molecule has 0 fully saturated rings. The van der Waals surface area contributed by atoms with Gasteiger partial charge in [0.2, 0.25) is 0 Å². The first-order valence-electron chi connectivity index (χ1n) is 5.32. The molecule has 2 rings (SSSR count). The van der Waals surface area contributed by atoms with Gasteiger partial charge < -0.3 is 5.43 Å². The fraction of sp³-hybridized carbons (Fsp3) is 0. The predicted molar refractivity (Wildman–Crippen MR) is 69.2 cm³/mol. The smallest absolute Gasteiger partial charge is 0.265 e. The van der Waals surface area contributed by atoms with Gasteiger partial charge in [0.25, 0.3) is 10.0 Å². The second-order valence-electron chi connectivity index (χ2n) is 3.75. The number of anilines is 2. The molecule has 0 unspecified atom stereocenters. The van der Waals surface area contributed by atoms with Crippen LogP contribution in [0.2, 0.25) is 0 Å². The minimum atomic E-state index is -4.16. The van der Waals surface area contributed by atoms with Gasteiger partial charge in [-0.25, -0.2) is 17.2 Å². The Labute approximate surface area is 113 Å². The van der Waals surface area contributed by atoms with Crippen LogP contribution in [-0.2, 0) is 10.0 Å². The first-order chi connectivity index (χ1) is 9.44. The van der Waals surface area contributed by atoms with E-state index in [-0.39, 0.29) is 10.6 Å². The van der Waals surface area contributed by atoms with Crippen LogP contribution in [0.25, 0.3) is 0 Å². The topological polar surface area (TPSA) is 97.1 Å². The molecule has 6 nitrogen and oxygen atoms in total. The van der Waals surface area contributed by atoms with Crippen LogP contribution < -0.4 is 16.0 Å². The van der Waals surface area contributed by atoms with Gasteiger partial charge in [0.15, 0.2) is 0 Å².